The molecule has 2 N–H and O–H groups in total. The summed E-state index contributed by atoms with van der Waals surface area (Å²) < 4.78 is 17.2. The van der Waals surface area contributed by atoms with E-state index in [1.54, 1.807) is 17.0 Å². The Morgan fingerprint density at radius 1 is 1.12 bits per heavy atom. The fourth-order valence-electron chi connectivity index (χ4n) is 3.94. The monoisotopic (exact) mass is 475 g/mol. The van der Waals surface area contributed by atoms with Gasteiger partial charge in [-0.3, -0.25) is 4.90 Å². The number of carbonyl (C=O) groups excluding carboxylic acids is 1. The highest BCUT2D eigenvalue weighted by molar-refractivity contribution is 6.30. The van der Waals surface area contributed by atoms with Crippen molar-refractivity contribution in [2.45, 2.75) is 12.1 Å². The lowest BCUT2D eigenvalue weighted by atomic mass is 10.1. The summed E-state index contributed by atoms with van der Waals surface area (Å²) in [6, 6.07) is 15.0. The molecule has 2 aromatic rings. The second kappa shape index (κ2) is 11.1. The van der Waals surface area contributed by atoms with E-state index < -0.39 is 5.60 Å². The number of hydrogen-bond acceptors (Lipinski definition) is 6. The lowest BCUT2D eigenvalue weighted by Crippen LogP contribution is -2.48. The molecule has 0 aliphatic carbocycles. The Labute approximate surface area is 199 Å². The van der Waals surface area contributed by atoms with Gasteiger partial charge in [0.15, 0.2) is 0 Å². The summed E-state index contributed by atoms with van der Waals surface area (Å²) >= 11 is 6.01. The standard InChI is InChI=1S/C24H30ClN3O5/c25-20-2-1-3-22(14-20)33-18-24(30)16-27(10-12-31-17-24)15-19-4-6-21(7-5-19)32-13-11-28-9-8-26-23(28)29/h1-7,14,30H,8-13,15-18H2,(H,26,29)/t24-/m1/s1. The first kappa shape index (κ1) is 23.6. The molecule has 0 bridgehead atoms. The Hall–Kier alpha value is -2.52. The van der Waals surface area contributed by atoms with Gasteiger partial charge < -0.3 is 29.5 Å². The fourth-order valence-corrected chi connectivity index (χ4v) is 4.12. The molecule has 0 saturated carbocycles. The number of carbonyl (C=O) groups is 1. The van der Waals surface area contributed by atoms with Crippen LogP contribution in [0.3, 0.4) is 0 Å². The highest BCUT2D eigenvalue weighted by Gasteiger charge is 2.33. The van der Waals surface area contributed by atoms with Crippen molar-refractivity contribution in [3.8, 4) is 11.5 Å². The molecule has 0 spiro atoms. The molecule has 178 valence electrons. The number of benzene rings is 2. The molecule has 2 saturated heterocycles. The topological polar surface area (TPSA) is 83.5 Å². The lowest BCUT2D eigenvalue weighted by molar-refractivity contribution is -0.0646. The zero-order valence-electron chi connectivity index (χ0n) is 18.5. The van der Waals surface area contributed by atoms with E-state index >= 15 is 0 Å². The molecule has 2 heterocycles. The van der Waals surface area contributed by atoms with Crippen molar-refractivity contribution in [1.29, 1.82) is 0 Å². The number of rotatable bonds is 9. The molecule has 2 aliphatic heterocycles. The first-order valence-electron chi connectivity index (χ1n) is 11.1. The third kappa shape index (κ3) is 6.98. The maximum Gasteiger partial charge on any atom is 0.317 e. The second-order valence-electron chi connectivity index (χ2n) is 8.45. The zero-order valence-corrected chi connectivity index (χ0v) is 19.3. The van der Waals surface area contributed by atoms with E-state index in [-0.39, 0.29) is 19.2 Å². The minimum atomic E-state index is -1.12. The highest BCUT2D eigenvalue weighted by atomic mass is 35.5. The molecule has 2 aliphatic rings. The molecule has 4 rings (SSSR count). The normalized spacial score (nSPS) is 21.5. The van der Waals surface area contributed by atoms with E-state index in [4.69, 9.17) is 25.8 Å². The van der Waals surface area contributed by atoms with Crippen LogP contribution in [0.25, 0.3) is 0 Å². The van der Waals surface area contributed by atoms with E-state index in [2.05, 4.69) is 10.2 Å². The Bertz CT molecular complexity index is 929. The number of nitrogens with one attached hydrogen (secondary N) is 1. The minimum Gasteiger partial charge on any atom is -0.492 e. The molecule has 33 heavy (non-hydrogen) atoms. The van der Waals surface area contributed by atoms with Crippen LogP contribution < -0.4 is 14.8 Å². The van der Waals surface area contributed by atoms with Crippen LogP contribution in [0.1, 0.15) is 5.56 Å². The van der Waals surface area contributed by atoms with Gasteiger partial charge in [-0.15, -0.1) is 0 Å². The Morgan fingerprint density at radius 3 is 2.73 bits per heavy atom. The molecule has 0 radical (unpaired) electrons. The zero-order chi connectivity index (χ0) is 23.1. The molecule has 1 atom stereocenters. The number of halogens is 1. The van der Waals surface area contributed by atoms with Gasteiger partial charge in [0, 0.05) is 37.7 Å². The number of aliphatic hydroxyl groups is 1. The van der Waals surface area contributed by atoms with Crippen molar-refractivity contribution in [2.75, 3.05) is 59.2 Å². The van der Waals surface area contributed by atoms with Crippen molar-refractivity contribution in [1.82, 2.24) is 15.1 Å². The maximum absolute atomic E-state index is 11.6. The van der Waals surface area contributed by atoms with E-state index in [0.29, 0.717) is 50.2 Å². The van der Waals surface area contributed by atoms with Gasteiger partial charge in [0.25, 0.3) is 0 Å². The number of nitrogens with zero attached hydrogens (tertiary/aromatic N) is 2. The summed E-state index contributed by atoms with van der Waals surface area (Å²) in [7, 11) is 0. The van der Waals surface area contributed by atoms with E-state index in [1.165, 1.54) is 0 Å². The van der Waals surface area contributed by atoms with Crippen molar-refractivity contribution in [3.05, 3.63) is 59.1 Å². The highest BCUT2D eigenvalue weighted by Crippen LogP contribution is 2.21. The summed E-state index contributed by atoms with van der Waals surface area (Å²) in [5.41, 5.74) is -0.00900. The largest absolute Gasteiger partial charge is 0.492 e. The fraction of sp³-hybridized carbons (Fsp3) is 0.458. The van der Waals surface area contributed by atoms with E-state index in [9.17, 15) is 9.90 Å². The van der Waals surface area contributed by atoms with Crippen LogP contribution in [0.15, 0.2) is 48.5 Å². The van der Waals surface area contributed by atoms with Gasteiger partial charge in [0.1, 0.15) is 30.3 Å². The third-order valence-corrected chi connectivity index (χ3v) is 5.88. The molecule has 9 heteroatoms. The first-order valence-corrected chi connectivity index (χ1v) is 11.5. The summed E-state index contributed by atoms with van der Waals surface area (Å²) in [6.45, 7) is 5.14. The van der Waals surface area contributed by atoms with Gasteiger partial charge in [-0.05, 0) is 35.9 Å². The predicted molar refractivity (Wildman–Crippen MR) is 125 cm³/mol. The van der Waals surface area contributed by atoms with Crippen LogP contribution in [0.4, 0.5) is 4.79 Å². The summed E-state index contributed by atoms with van der Waals surface area (Å²) in [5, 5.41) is 14.5. The van der Waals surface area contributed by atoms with E-state index in [1.807, 2.05) is 36.4 Å². The number of urea groups is 1. The quantitative estimate of drug-likeness (QED) is 0.579. The molecule has 2 fully saturated rings. The predicted octanol–water partition coefficient (Wildman–Crippen LogP) is 2.39. The van der Waals surface area contributed by atoms with Crippen LogP contribution in [0, 0.1) is 0 Å². The van der Waals surface area contributed by atoms with Crippen molar-refractivity contribution < 1.29 is 24.1 Å². The minimum absolute atomic E-state index is 0.0340. The second-order valence-corrected chi connectivity index (χ2v) is 8.88. The summed E-state index contributed by atoms with van der Waals surface area (Å²) in [5.74, 6) is 1.39. The summed E-state index contributed by atoms with van der Waals surface area (Å²) in [4.78, 5) is 15.5. The van der Waals surface area contributed by atoms with Crippen LogP contribution >= 0.6 is 11.6 Å². The van der Waals surface area contributed by atoms with Crippen LogP contribution in [-0.2, 0) is 11.3 Å². The van der Waals surface area contributed by atoms with Gasteiger partial charge in [0.2, 0.25) is 0 Å². The van der Waals surface area contributed by atoms with Gasteiger partial charge in [0.05, 0.1) is 19.8 Å². The first-order chi connectivity index (χ1) is 16.0. The average molecular weight is 476 g/mol. The van der Waals surface area contributed by atoms with Crippen LogP contribution in [0.5, 0.6) is 11.5 Å². The Morgan fingerprint density at radius 2 is 1.97 bits per heavy atom. The smallest absolute Gasteiger partial charge is 0.317 e. The summed E-state index contributed by atoms with van der Waals surface area (Å²) in [6.07, 6.45) is 0. The van der Waals surface area contributed by atoms with Crippen molar-refractivity contribution in [3.63, 3.8) is 0 Å². The molecule has 0 unspecified atom stereocenters. The van der Waals surface area contributed by atoms with Gasteiger partial charge in [-0.1, -0.05) is 29.8 Å². The SMILES string of the molecule is O=C1NCCN1CCOc1ccc(CN2CCOC[C@@](O)(COc3cccc(Cl)c3)C2)cc1. The van der Waals surface area contributed by atoms with Crippen molar-refractivity contribution in [2.24, 2.45) is 0 Å². The van der Waals surface area contributed by atoms with Gasteiger partial charge in [-0.25, -0.2) is 4.79 Å². The van der Waals surface area contributed by atoms with Crippen LogP contribution in [-0.4, -0.2) is 85.7 Å². The Kier molecular flexibility index (Phi) is 7.93. The number of amides is 2. The molecule has 2 aromatic carbocycles. The third-order valence-electron chi connectivity index (χ3n) is 5.65. The van der Waals surface area contributed by atoms with Gasteiger partial charge in [-0.2, -0.15) is 0 Å². The number of β-amino-alcohol motifs (C(OH)–C–C–N with tert-alkyl or cyclic N) is 1. The molecule has 0 aromatic heterocycles. The molecule has 8 nitrogen and oxygen atoms in total. The van der Waals surface area contributed by atoms with Crippen molar-refractivity contribution >= 4 is 17.6 Å². The van der Waals surface area contributed by atoms with Crippen LogP contribution in [0.2, 0.25) is 5.02 Å². The number of hydrogen-bond donors (Lipinski definition) is 2. The van der Waals surface area contributed by atoms with E-state index in [0.717, 1.165) is 24.4 Å². The lowest BCUT2D eigenvalue weighted by Gasteiger charge is -2.30. The average Bonchev–Trinajstić information content (AvgIpc) is 3.11. The Balaban J connectivity index is 1.26. The number of ether oxygens (including phenoxy) is 3. The maximum atomic E-state index is 11.6. The molecule has 2 amide bonds. The van der Waals surface area contributed by atoms with Gasteiger partial charge >= 0.3 is 6.03 Å². The molecular formula is C24H30ClN3O5. The molecular weight excluding hydrogens is 446 g/mol.